The van der Waals surface area contributed by atoms with E-state index >= 15 is 0 Å². The summed E-state index contributed by atoms with van der Waals surface area (Å²) in [4.78, 5) is 26.0. The van der Waals surface area contributed by atoms with Crippen LogP contribution in [-0.4, -0.2) is 19.0 Å². The molecule has 5 nitrogen and oxygen atoms in total. The molecule has 1 amide bonds. The second-order valence-corrected chi connectivity index (χ2v) is 8.08. The average molecular weight is 391 g/mol. The lowest BCUT2D eigenvalue weighted by Crippen LogP contribution is -3.11. The number of benzene rings is 2. The summed E-state index contributed by atoms with van der Waals surface area (Å²) in [5, 5.41) is 4.04. The Balaban J connectivity index is 1.43. The van der Waals surface area contributed by atoms with E-state index in [1.165, 1.54) is 10.5 Å². The van der Waals surface area contributed by atoms with Crippen molar-refractivity contribution in [1.29, 1.82) is 0 Å². The molecule has 3 aromatic rings. The second kappa shape index (κ2) is 8.21. The predicted molar refractivity (Wildman–Crippen MR) is 114 cm³/mol. The number of fused-ring (bicyclic) bond motifs is 1. The summed E-state index contributed by atoms with van der Waals surface area (Å²) in [6.45, 7) is 6.71. The summed E-state index contributed by atoms with van der Waals surface area (Å²) >= 11 is 0. The van der Waals surface area contributed by atoms with Crippen LogP contribution < -0.4 is 15.8 Å². The van der Waals surface area contributed by atoms with E-state index in [9.17, 15) is 9.59 Å². The Morgan fingerprint density at radius 1 is 1.07 bits per heavy atom. The van der Waals surface area contributed by atoms with E-state index in [-0.39, 0.29) is 17.5 Å². The van der Waals surface area contributed by atoms with Crippen molar-refractivity contribution in [1.82, 2.24) is 0 Å². The van der Waals surface area contributed by atoms with E-state index in [0.717, 1.165) is 54.7 Å². The first kappa shape index (κ1) is 19.4. The first-order chi connectivity index (χ1) is 14.0. The van der Waals surface area contributed by atoms with Crippen LogP contribution in [0.4, 0.5) is 5.69 Å². The smallest absolute Gasteiger partial charge is 0.336 e. The molecule has 4 rings (SSSR count). The van der Waals surface area contributed by atoms with Crippen molar-refractivity contribution in [2.75, 3.05) is 18.4 Å². The summed E-state index contributed by atoms with van der Waals surface area (Å²) in [6.07, 6.45) is 1.71. The van der Waals surface area contributed by atoms with Crippen LogP contribution in [0.3, 0.4) is 0 Å². The highest BCUT2D eigenvalue weighted by molar-refractivity contribution is 5.92. The minimum atomic E-state index is -0.299. The monoisotopic (exact) mass is 391 g/mol. The highest BCUT2D eigenvalue weighted by atomic mass is 16.4. The summed E-state index contributed by atoms with van der Waals surface area (Å²) < 4.78 is 5.41. The van der Waals surface area contributed by atoms with Gasteiger partial charge in [0.05, 0.1) is 13.1 Å². The first-order valence-electron chi connectivity index (χ1n) is 10.2. The van der Waals surface area contributed by atoms with E-state index in [2.05, 4.69) is 18.3 Å². The number of piperidine rings is 1. The molecule has 1 aliphatic rings. The SMILES string of the molecule is Cc1cc2oc(=O)cc(C[NH+]3CCC(C(=O)Nc4ccccc4)CC3)c2cc1C. The van der Waals surface area contributed by atoms with Gasteiger partial charge in [-0.25, -0.2) is 4.79 Å². The number of carbonyl (C=O) groups excluding carboxylic acids is 1. The summed E-state index contributed by atoms with van der Waals surface area (Å²) in [5.74, 6) is 0.147. The van der Waals surface area contributed by atoms with Gasteiger partial charge in [-0.2, -0.15) is 0 Å². The molecular weight excluding hydrogens is 364 g/mol. The molecule has 0 spiro atoms. The molecule has 29 heavy (non-hydrogen) atoms. The van der Waals surface area contributed by atoms with Gasteiger partial charge in [-0.05, 0) is 49.2 Å². The Morgan fingerprint density at radius 2 is 1.76 bits per heavy atom. The van der Waals surface area contributed by atoms with E-state index in [1.807, 2.05) is 43.3 Å². The summed E-state index contributed by atoms with van der Waals surface area (Å²) in [7, 11) is 0. The van der Waals surface area contributed by atoms with Gasteiger partial charge in [0.2, 0.25) is 5.91 Å². The number of amides is 1. The molecule has 5 heteroatoms. The van der Waals surface area contributed by atoms with E-state index in [0.29, 0.717) is 5.58 Å². The molecule has 1 saturated heterocycles. The maximum absolute atomic E-state index is 12.5. The number of hydrogen-bond acceptors (Lipinski definition) is 3. The van der Waals surface area contributed by atoms with Gasteiger partial charge in [0, 0.05) is 41.5 Å². The summed E-state index contributed by atoms with van der Waals surface area (Å²) in [5.41, 5.74) is 4.55. The van der Waals surface area contributed by atoms with Gasteiger partial charge in [-0.3, -0.25) is 4.79 Å². The van der Waals surface area contributed by atoms with Gasteiger partial charge < -0.3 is 14.6 Å². The zero-order valence-corrected chi connectivity index (χ0v) is 17.0. The standard InChI is InChI=1S/C24H26N2O3/c1-16-12-21-19(14-23(27)29-22(21)13-17(16)2)15-26-10-8-18(9-11-26)24(28)25-20-6-4-3-5-7-20/h3-7,12-14,18H,8-11,15H2,1-2H3,(H,25,28)/p+1. The number of hydrogen-bond donors (Lipinski definition) is 2. The van der Waals surface area contributed by atoms with Gasteiger partial charge in [0.1, 0.15) is 12.1 Å². The maximum atomic E-state index is 12.5. The van der Waals surface area contributed by atoms with Gasteiger partial charge in [0.25, 0.3) is 0 Å². The van der Waals surface area contributed by atoms with Crippen molar-refractivity contribution in [3.05, 3.63) is 75.6 Å². The van der Waals surface area contributed by atoms with Gasteiger partial charge >= 0.3 is 5.63 Å². The largest absolute Gasteiger partial charge is 0.423 e. The molecule has 2 N–H and O–H groups in total. The van der Waals surface area contributed by atoms with E-state index in [4.69, 9.17) is 4.42 Å². The molecule has 1 fully saturated rings. The first-order valence-corrected chi connectivity index (χ1v) is 10.2. The Bertz CT molecular complexity index is 1080. The number of para-hydroxylation sites is 1. The number of carbonyl (C=O) groups is 1. The molecule has 0 radical (unpaired) electrons. The Kier molecular flexibility index (Phi) is 5.49. The third kappa shape index (κ3) is 4.40. The van der Waals surface area contributed by atoms with Gasteiger partial charge in [0.15, 0.2) is 0 Å². The van der Waals surface area contributed by atoms with Gasteiger partial charge in [-0.15, -0.1) is 0 Å². The fraction of sp³-hybridized carbons (Fsp3) is 0.333. The molecular formula is C24H27N2O3+. The van der Waals surface area contributed by atoms with Crippen molar-refractivity contribution in [3.63, 3.8) is 0 Å². The Labute approximate surface area is 170 Å². The van der Waals surface area contributed by atoms with Gasteiger partial charge in [-0.1, -0.05) is 18.2 Å². The van der Waals surface area contributed by atoms with Crippen LogP contribution in [0.5, 0.6) is 0 Å². The van der Waals surface area contributed by atoms with Crippen LogP contribution in [0.2, 0.25) is 0 Å². The van der Waals surface area contributed by atoms with Crippen molar-refractivity contribution in [3.8, 4) is 0 Å². The maximum Gasteiger partial charge on any atom is 0.336 e. The zero-order chi connectivity index (χ0) is 20.4. The molecule has 0 saturated carbocycles. The van der Waals surface area contributed by atoms with Crippen LogP contribution in [0.25, 0.3) is 11.0 Å². The van der Waals surface area contributed by atoms with Crippen molar-refractivity contribution >= 4 is 22.6 Å². The predicted octanol–water partition coefficient (Wildman–Crippen LogP) is 2.84. The van der Waals surface area contributed by atoms with E-state index in [1.54, 1.807) is 6.07 Å². The lowest BCUT2D eigenvalue weighted by Gasteiger charge is -2.29. The summed E-state index contributed by atoms with van der Waals surface area (Å²) in [6, 6.07) is 15.3. The molecule has 0 atom stereocenters. The molecule has 0 aliphatic carbocycles. The normalized spacial score (nSPS) is 19.2. The average Bonchev–Trinajstić information content (AvgIpc) is 2.71. The van der Waals surface area contributed by atoms with E-state index < -0.39 is 0 Å². The molecule has 2 heterocycles. The van der Waals surface area contributed by atoms with Crippen LogP contribution in [0, 0.1) is 19.8 Å². The van der Waals surface area contributed by atoms with Crippen LogP contribution in [0.15, 0.2) is 57.7 Å². The Morgan fingerprint density at radius 3 is 2.48 bits per heavy atom. The number of aryl methyl sites for hydroxylation is 2. The third-order valence-electron chi connectivity index (χ3n) is 5.99. The second-order valence-electron chi connectivity index (χ2n) is 8.08. The minimum absolute atomic E-state index is 0.0430. The molecule has 0 bridgehead atoms. The number of anilines is 1. The fourth-order valence-corrected chi connectivity index (χ4v) is 4.13. The number of likely N-dealkylation sites (tertiary alicyclic amines) is 1. The van der Waals surface area contributed by atoms with Crippen LogP contribution >= 0.6 is 0 Å². The molecule has 1 aliphatic heterocycles. The molecule has 1 aromatic heterocycles. The molecule has 0 unspecified atom stereocenters. The van der Waals surface area contributed by atoms with Crippen molar-refractivity contribution < 1.29 is 14.1 Å². The van der Waals surface area contributed by atoms with Crippen molar-refractivity contribution in [2.24, 2.45) is 5.92 Å². The third-order valence-corrected chi connectivity index (χ3v) is 5.99. The highest BCUT2D eigenvalue weighted by Crippen LogP contribution is 2.21. The number of quaternary nitrogens is 1. The highest BCUT2D eigenvalue weighted by Gasteiger charge is 2.28. The Hall–Kier alpha value is -2.92. The fourth-order valence-electron chi connectivity index (χ4n) is 4.13. The minimum Gasteiger partial charge on any atom is -0.423 e. The lowest BCUT2D eigenvalue weighted by atomic mass is 9.95. The topological polar surface area (TPSA) is 63.8 Å². The van der Waals surface area contributed by atoms with Crippen LogP contribution in [-0.2, 0) is 11.3 Å². The molecule has 2 aromatic carbocycles. The number of nitrogens with one attached hydrogen (secondary N) is 2. The van der Waals surface area contributed by atoms with Crippen molar-refractivity contribution in [2.45, 2.75) is 33.2 Å². The van der Waals surface area contributed by atoms with Crippen LogP contribution in [0.1, 0.15) is 29.5 Å². The molecule has 150 valence electrons. The zero-order valence-electron chi connectivity index (χ0n) is 17.0. The quantitative estimate of drug-likeness (QED) is 0.673. The lowest BCUT2D eigenvalue weighted by molar-refractivity contribution is -0.919. The number of rotatable bonds is 4.